The van der Waals surface area contributed by atoms with Crippen molar-refractivity contribution in [1.82, 2.24) is 9.78 Å². The van der Waals surface area contributed by atoms with Crippen LogP contribution in [0, 0.1) is 52.2 Å². The van der Waals surface area contributed by atoms with Crippen LogP contribution in [0.4, 0.5) is 4.39 Å². The van der Waals surface area contributed by atoms with Crippen molar-refractivity contribution in [2.75, 3.05) is 13.7 Å². The Morgan fingerprint density at radius 1 is 1.17 bits per heavy atom. The summed E-state index contributed by atoms with van der Waals surface area (Å²) in [7, 11) is 1.90. The van der Waals surface area contributed by atoms with E-state index in [0.717, 1.165) is 54.0 Å². The Balaban J connectivity index is 0.00000267. The van der Waals surface area contributed by atoms with Crippen LogP contribution in [0.2, 0.25) is 0 Å². The molecule has 1 aromatic heterocycles. The molecule has 4 nitrogen and oxygen atoms in total. The fourth-order valence-electron chi connectivity index (χ4n) is 9.74. The fourth-order valence-corrected chi connectivity index (χ4v) is 9.74. The molecular weight excluding hydrogens is 439 g/mol. The molecule has 0 radical (unpaired) electrons. The van der Waals surface area contributed by atoms with Crippen LogP contribution >= 0.6 is 0 Å². The third-order valence-electron chi connectivity index (χ3n) is 11.3. The van der Waals surface area contributed by atoms with Gasteiger partial charge in [0.1, 0.15) is 5.82 Å². The van der Waals surface area contributed by atoms with Crippen molar-refractivity contribution in [3.8, 4) is 0 Å². The maximum Gasteiger partial charge on any atom is 0.157 e. The van der Waals surface area contributed by atoms with Gasteiger partial charge in [0, 0.05) is 26.0 Å². The Labute approximate surface area is 210 Å². The minimum absolute atomic E-state index is 0. The number of nitrogens with zero attached hydrogens (tertiary/aromatic N) is 2. The van der Waals surface area contributed by atoms with Crippen molar-refractivity contribution < 1.29 is 15.3 Å². The summed E-state index contributed by atoms with van der Waals surface area (Å²) < 4.78 is 21.3. The Morgan fingerprint density at radius 2 is 2.03 bits per heavy atom. The quantitative estimate of drug-likeness (QED) is 0.465. The van der Waals surface area contributed by atoms with Crippen LogP contribution in [-0.4, -0.2) is 29.3 Å². The van der Waals surface area contributed by atoms with Crippen LogP contribution in [0.25, 0.3) is 10.9 Å². The molecule has 8 unspecified atom stereocenters. The minimum Gasteiger partial charge on any atom is -0.384 e. The zero-order valence-corrected chi connectivity index (χ0v) is 21.6. The summed E-state index contributed by atoms with van der Waals surface area (Å²) in [6.45, 7) is 6.08. The molecule has 0 spiro atoms. The molecule has 1 aromatic carbocycles. The van der Waals surface area contributed by atoms with Gasteiger partial charge in [0.15, 0.2) is 5.78 Å². The lowest BCUT2D eigenvalue weighted by atomic mass is 9.44. The number of carbonyl (C=O) groups is 1. The zero-order chi connectivity index (χ0) is 24.4. The summed E-state index contributed by atoms with van der Waals surface area (Å²) in [4.78, 5) is 13.7. The number of methoxy groups -OCH3 is 1. The molecule has 4 fully saturated rings. The van der Waals surface area contributed by atoms with E-state index in [9.17, 15) is 9.18 Å². The van der Waals surface area contributed by atoms with E-state index < -0.39 is 0 Å². The molecule has 1 heterocycles. The molecule has 4 saturated carbocycles. The van der Waals surface area contributed by atoms with E-state index in [1.807, 2.05) is 13.3 Å². The summed E-state index contributed by atoms with van der Waals surface area (Å²) in [6, 6.07) is 4.62. The van der Waals surface area contributed by atoms with Crippen molar-refractivity contribution in [2.24, 2.45) is 46.3 Å². The number of aromatic nitrogens is 2. The van der Waals surface area contributed by atoms with Gasteiger partial charge in [-0.2, -0.15) is 5.10 Å². The highest BCUT2D eigenvalue weighted by Gasteiger charge is 2.62. The number of hydrogen-bond acceptors (Lipinski definition) is 3. The highest BCUT2D eigenvalue weighted by molar-refractivity contribution is 5.83. The second-order valence-electron chi connectivity index (χ2n) is 12.9. The van der Waals surface area contributed by atoms with Crippen LogP contribution in [0.5, 0.6) is 0 Å². The van der Waals surface area contributed by atoms with Gasteiger partial charge in [-0.15, -0.1) is 0 Å². The Morgan fingerprint density at radius 3 is 2.86 bits per heavy atom. The van der Waals surface area contributed by atoms with Crippen LogP contribution in [0.1, 0.15) is 73.1 Å². The van der Waals surface area contributed by atoms with Gasteiger partial charge in [-0.25, -0.2) is 4.39 Å². The van der Waals surface area contributed by atoms with Crippen LogP contribution in [0.3, 0.4) is 0 Å². The lowest BCUT2D eigenvalue weighted by molar-refractivity contribution is -0.154. The number of carbonyl (C=O) groups excluding carboxylic acids is 1. The SMILES string of the molecule is COCC12CCC(C)CC1CCC1C3CCC(C(=O)Cn4cc5cc(F)ccc5n4)C3(C)CCC12.[HH]. The molecule has 8 atom stereocenters. The van der Waals surface area contributed by atoms with E-state index in [4.69, 9.17) is 4.74 Å². The third kappa shape index (κ3) is 3.70. The highest BCUT2D eigenvalue weighted by atomic mass is 19.1. The average Bonchev–Trinajstić information content (AvgIpc) is 3.38. The van der Waals surface area contributed by atoms with Crippen molar-refractivity contribution >= 4 is 16.7 Å². The summed E-state index contributed by atoms with van der Waals surface area (Å²) in [6.07, 6.45) is 13.2. The highest BCUT2D eigenvalue weighted by Crippen LogP contribution is 2.68. The fraction of sp³-hybridized carbons (Fsp3) is 0.733. The van der Waals surface area contributed by atoms with Gasteiger partial charge in [0.25, 0.3) is 0 Å². The predicted molar refractivity (Wildman–Crippen MR) is 137 cm³/mol. The average molecular weight is 483 g/mol. The van der Waals surface area contributed by atoms with Gasteiger partial charge < -0.3 is 4.74 Å². The normalized spacial score (nSPS) is 40.8. The van der Waals surface area contributed by atoms with E-state index in [0.29, 0.717) is 23.7 Å². The smallest absolute Gasteiger partial charge is 0.157 e. The maximum absolute atomic E-state index is 13.7. The number of rotatable bonds is 5. The maximum atomic E-state index is 13.7. The molecule has 4 aliphatic carbocycles. The lowest BCUT2D eigenvalue weighted by Gasteiger charge is -2.61. The Kier molecular flexibility index (Phi) is 5.86. The molecule has 5 heteroatoms. The first-order valence-electron chi connectivity index (χ1n) is 14.0. The van der Waals surface area contributed by atoms with Gasteiger partial charge in [0.2, 0.25) is 0 Å². The number of ether oxygens (including phenoxy) is 1. The van der Waals surface area contributed by atoms with Crippen LogP contribution in [0.15, 0.2) is 24.4 Å². The number of fused-ring (bicyclic) bond motifs is 6. The van der Waals surface area contributed by atoms with Crippen LogP contribution < -0.4 is 0 Å². The van der Waals surface area contributed by atoms with Gasteiger partial charge in [0.05, 0.1) is 18.7 Å². The number of Topliss-reactive ketones (excluding diaryl/α,β-unsaturated/α-hetero) is 1. The molecule has 0 N–H and O–H groups in total. The number of benzene rings is 1. The van der Waals surface area contributed by atoms with Gasteiger partial charge in [-0.1, -0.05) is 20.3 Å². The predicted octanol–water partition coefficient (Wildman–Crippen LogP) is 6.91. The van der Waals surface area contributed by atoms with Crippen molar-refractivity contribution in [1.29, 1.82) is 0 Å². The molecular formula is C30H43FN2O2. The Hall–Kier alpha value is -1.75. The lowest BCUT2D eigenvalue weighted by Crippen LogP contribution is -2.56. The first-order valence-corrected chi connectivity index (χ1v) is 14.0. The monoisotopic (exact) mass is 482 g/mol. The number of halogens is 1. The minimum atomic E-state index is -0.264. The molecule has 4 aliphatic rings. The van der Waals surface area contributed by atoms with Crippen molar-refractivity contribution in [3.05, 3.63) is 30.2 Å². The number of ketones is 1. The van der Waals surface area contributed by atoms with Gasteiger partial charge in [-0.3, -0.25) is 9.48 Å². The van der Waals surface area contributed by atoms with Gasteiger partial charge >= 0.3 is 0 Å². The van der Waals surface area contributed by atoms with Gasteiger partial charge in [-0.05, 0) is 110 Å². The first kappa shape index (κ1) is 23.6. The van der Waals surface area contributed by atoms with Crippen LogP contribution in [-0.2, 0) is 16.1 Å². The second kappa shape index (κ2) is 8.68. The summed E-state index contributed by atoms with van der Waals surface area (Å²) in [5.74, 6) is 3.96. The largest absolute Gasteiger partial charge is 0.384 e. The van der Waals surface area contributed by atoms with E-state index in [1.165, 1.54) is 57.1 Å². The Bertz CT molecular complexity index is 1120. The van der Waals surface area contributed by atoms with Crippen molar-refractivity contribution in [3.63, 3.8) is 0 Å². The molecule has 6 rings (SSSR count). The molecule has 192 valence electrons. The van der Waals surface area contributed by atoms with E-state index in [-0.39, 0.29) is 18.6 Å². The first-order chi connectivity index (χ1) is 16.8. The zero-order valence-electron chi connectivity index (χ0n) is 21.6. The molecule has 0 aliphatic heterocycles. The topological polar surface area (TPSA) is 44.1 Å². The molecule has 35 heavy (non-hydrogen) atoms. The van der Waals surface area contributed by atoms with E-state index >= 15 is 0 Å². The third-order valence-corrected chi connectivity index (χ3v) is 11.3. The molecule has 0 amide bonds. The second-order valence-corrected chi connectivity index (χ2v) is 12.9. The van der Waals surface area contributed by atoms with Crippen molar-refractivity contribution in [2.45, 2.75) is 78.2 Å². The molecule has 2 aromatic rings. The standard InChI is InChI=1S/C30H41FN2O2.H2/c1-19-10-13-30(18-35-3)21(14-19)4-6-23-24-7-8-26(29(24,2)12-11-25(23)30)28(34)17-33-16-20-15-22(31)5-9-27(20)32-33;/h5,9,15-16,19,21,23-26H,4,6-8,10-14,17-18H2,1-3H3;1H. The van der Waals surface area contributed by atoms with E-state index in [2.05, 4.69) is 18.9 Å². The summed E-state index contributed by atoms with van der Waals surface area (Å²) in [5.41, 5.74) is 1.20. The number of hydrogen-bond donors (Lipinski definition) is 0. The van der Waals surface area contributed by atoms with E-state index in [1.54, 1.807) is 10.7 Å². The summed E-state index contributed by atoms with van der Waals surface area (Å²) in [5, 5.41) is 5.31. The summed E-state index contributed by atoms with van der Waals surface area (Å²) >= 11 is 0. The molecule has 0 bridgehead atoms. The molecule has 0 saturated heterocycles.